The Hall–Kier alpha value is -0.630. The summed E-state index contributed by atoms with van der Waals surface area (Å²) in [6, 6.07) is 0. The van der Waals surface area contributed by atoms with E-state index in [9.17, 15) is 0 Å². The molecule has 0 unspecified atom stereocenters. The number of nitrogens with zero attached hydrogens (tertiary/aromatic N) is 1. The van der Waals surface area contributed by atoms with Gasteiger partial charge in [0.2, 0.25) is 0 Å². The first kappa shape index (κ1) is 7.48. The van der Waals surface area contributed by atoms with Crippen molar-refractivity contribution in [1.29, 1.82) is 0 Å². The largest absolute Gasteiger partial charge is 0.357 e. The summed E-state index contributed by atoms with van der Waals surface area (Å²) in [7, 11) is 2.02. The van der Waals surface area contributed by atoms with Crippen LogP contribution in [0.25, 0.3) is 0 Å². The summed E-state index contributed by atoms with van der Waals surface area (Å²) in [4.78, 5) is 3.32. The van der Waals surface area contributed by atoms with E-state index in [1.165, 1.54) is 4.91 Å². The fourth-order valence-corrected chi connectivity index (χ4v) is 1.12. The third kappa shape index (κ3) is 1.95. The van der Waals surface area contributed by atoms with Gasteiger partial charge in [-0.3, -0.25) is 0 Å². The zero-order valence-corrected chi connectivity index (χ0v) is 7.06. The molecule has 54 valence electrons. The molecule has 0 saturated heterocycles. The van der Waals surface area contributed by atoms with Gasteiger partial charge >= 0.3 is 0 Å². The maximum absolute atomic E-state index is 2.10. The molecule has 0 radical (unpaired) electrons. The molecule has 1 nitrogen and oxygen atoms in total. The van der Waals surface area contributed by atoms with Gasteiger partial charge in [0, 0.05) is 24.4 Å². The second-order valence-electron chi connectivity index (χ2n) is 2.10. The van der Waals surface area contributed by atoms with Crippen LogP contribution in [-0.2, 0) is 0 Å². The molecular formula is C8H11NS. The van der Waals surface area contributed by atoms with E-state index in [-0.39, 0.29) is 0 Å². The van der Waals surface area contributed by atoms with Crippen LogP contribution in [-0.4, -0.2) is 18.2 Å². The van der Waals surface area contributed by atoms with Crippen molar-refractivity contribution >= 4 is 11.8 Å². The molecule has 1 aliphatic rings. The Morgan fingerprint density at radius 2 is 2.20 bits per heavy atom. The van der Waals surface area contributed by atoms with Crippen molar-refractivity contribution in [2.75, 3.05) is 13.3 Å². The Labute approximate surface area is 66.1 Å². The quantitative estimate of drug-likeness (QED) is 0.568. The van der Waals surface area contributed by atoms with Gasteiger partial charge in [0.1, 0.15) is 0 Å². The molecule has 0 aromatic rings. The third-order valence-electron chi connectivity index (χ3n) is 1.29. The van der Waals surface area contributed by atoms with Crippen LogP contribution >= 0.6 is 11.8 Å². The average Bonchev–Trinajstić information content (AvgIpc) is 2.14. The summed E-state index contributed by atoms with van der Waals surface area (Å²) in [6.45, 7) is 0. The second-order valence-corrected chi connectivity index (χ2v) is 2.98. The molecule has 0 atom stereocenters. The van der Waals surface area contributed by atoms with E-state index in [4.69, 9.17) is 0 Å². The minimum atomic E-state index is 1.29. The molecule has 0 fully saturated rings. The smallest absolute Gasteiger partial charge is 0.0106 e. The molecule has 0 amide bonds. The monoisotopic (exact) mass is 153 g/mol. The van der Waals surface area contributed by atoms with Crippen LogP contribution < -0.4 is 0 Å². The van der Waals surface area contributed by atoms with Gasteiger partial charge in [-0.05, 0) is 24.5 Å². The first-order chi connectivity index (χ1) is 4.83. The Bertz CT molecular complexity index is 191. The van der Waals surface area contributed by atoms with E-state index in [0.717, 1.165) is 0 Å². The van der Waals surface area contributed by atoms with E-state index in [1.54, 1.807) is 11.8 Å². The normalized spacial score (nSPS) is 17.0. The molecule has 0 spiro atoms. The van der Waals surface area contributed by atoms with Gasteiger partial charge in [-0.25, -0.2) is 0 Å². The molecule has 0 N–H and O–H groups in total. The van der Waals surface area contributed by atoms with Gasteiger partial charge in [-0.2, -0.15) is 0 Å². The van der Waals surface area contributed by atoms with Crippen molar-refractivity contribution in [3.63, 3.8) is 0 Å². The highest BCUT2D eigenvalue weighted by Gasteiger charge is 1.90. The van der Waals surface area contributed by atoms with Crippen LogP contribution in [0.5, 0.6) is 0 Å². The van der Waals surface area contributed by atoms with Crippen LogP contribution in [0.4, 0.5) is 0 Å². The lowest BCUT2D eigenvalue weighted by molar-refractivity contribution is 0.627. The van der Waals surface area contributed by atoms with Gasteiger partial charge in [0.25, 0.3) is 0 Å². The Morgan fingerprint density at radius 3 is 2.90 bits per heavy atom. The van der Waals surface area contributed by atoms with Crippen LogP contribution in [0.1, 0.15) is 0 Å². The van der Waals surface area contributed by atoms with Crippen LogP contribution in [0.3, 0.4) is 0 Å². The lowest BCUT2D eigenvalue weighted by Gasteiger charge is -2.03. The summed E-state index contributed by atoms with van der Waals surface area (Å²) in [5, 5.41) is 0. The zero-order chi connectivity index (χ0) is 7.40. The summed E-state index contributed by atoms with van der Waals surface area (Å²) >= 11 is 1.76. The zero-order valence-electron chi connectivity index (χ0n) is 6.24. The Balaban J connectivity index is 2.71. The molecule has 0 saturated carbocycles. The van der Waals surface area contributed by atoms with Gasteiger partial charge in [-0.15, -0.1) is 11.8 Å². The molecule has 0 aromatic heterocycles. The maximum atomic E-state index is 2.10. The summed E-state index contributed by atoms with van der Waals surface area (Å²) in [5.74, 6) is 0. The van der Waals surface area contributed by atoms with Crippen LogP contribution in [0.15, 0.2) is 35.5 Å². The minimum Gasteiger partial charge on any atom is -0.357 e. The van der Waals surface area contributed by atoms with Crippen molar-refractivity contribution in [2.45, 2.75) is 0 Å². The van der Waals surface area contributed by atoms with Gasteiger partial charge in [-0.1, -0.05) is 0 Å². The van der Waals surface area contributed by atoms with Gasteiger partial charge in [0.05, 0.1) is 0 Å². The molecule has 1 heterocycles. The average molecular weight is 153 g/mol. The molecule has 2 heteroatoms. The Morgan fingerprint density at radius 1 is 1.40 bits per heavy atom. The van der Waals surface area contributed by atoms with Crippen molar-refractivity contribution in [3.05, 3.63) is 35.5 Å². The molecule has 1 rings (SSSR count). The topological polar surface area (TPSA) is 3.24 Å². The first-order valence-corrected chi connectivity index (χ1v) is 4.38. The highest BCUT2D eigenvalue weighted by atomic mass is 32.2. The lowest BCUT2D eigenvalue weighted by atomic mass is 10.5. The highest BCUT2D eigenvalue weighted by Crippen LogP contribution is 2.14. The van der Waals surface area contributed by atoms with Crippen molar-refractivity contribution in [2.24, 2.45) is 0 Å². The molecule has 0 bridgehead atoms. The van der Waals surface area contributed by atoms with E-state index in [0.29, 0.717) is 0 Å². The van der Waals surface area contributed by atoms with Crippen LogP contribution in [0, 0.1) is 0 Å². The molecule has 10 heavy (non-hydrogen) atoms. The predicted octanol–water partition coefficient (Wildman–Crippen LogP) is 2.21. The molecular weight excluding hydrogens is 142 g/mol. The number of hydrogen-bond acceptors (Lipinski definition) is 2. The molecule has 0 aliphatic carbocycles. The van der Waals surface area contributed by atoms with Gasteiger partial charge < -0.3 is 4.90 Å². The summed E-state index contributed by atoms with van der Waals surface area (Å²) < 4.78 is 0. The maximum Gasteiger partial charge on any atom is 0.0106 e. The highest BCUT2D eigenvalue weighted by molar-refractivity contribution is 8.02. The fraction of sp³-hybridized carbons (Fsp3) is 0.250. The SMILES string of the molecule is CSC1=CC=CN(C)C=C1. The Kier molecular flexibility index (Phi) is 2.63. The number of thioether (sulfide) groups is 1. The number of hydrogen-bond donors (Lipinski definition) is 0. The van der Waals surface area contributed by atoms with Crippen molar-refractivity contribution in [1.82, 2.24) is 4.90 Å². The minimum absolute atomic E-state index is 1.29. The van der Waals surface area contributed by atoms with E-state index in [1.807, 2.05) is 30.4 Å². The van der Waals surface area contributed by atoms with E-state index >= 15 is 0 Å². The van der Waals surface area contributed by atoms with Crippen molar-refractivity contribution in [3.8, 4) is 0 Å². The molecule has 0 aromatic carbocycles. The van der Waals surface area contributed by atoms with Gasteiger partial charge in [0.15, 0.2) is 0 Å². The predicted molar refractivity (Wildman–Crippen MR) is 47.6 cm³/mol. The fourth-order valence-electron chi connectivity index (χ4n) is 0.706. The van der Waals surface area contributed by atoms with Crippen LogP contribution in [0.2, 0.25) is 0 Å². The third-order valence-corrected chi connectivity index (χ3v) is 2.03. The lowest BCUT2D eigenvalue weighted by Crippen LogP contribution is -1.97. The standard InChI is InChI=1S/C8H11NS/c1-9-6-3-4-8(10-2)5-7-9/h3-7H,1-2H3. The number of rotatable bonds is 1. The summed E-state index contributed by atoms with van der Waals surface area (Å²) in [6.07, 6.45) is 12.4. The van der Waals surface area contributed by atoms with Crippen molar-refractivity contribution < 1.29 is 0 Å². The van der Waals surface area contributed by atoms with E-state index in [2.05, 4.69) is 18.4 Å². The summed E-state index contributed by atoms with van der Waals surface area (Å²) in [5.41, 5.74) is 0. The molecule has 1 aliphatic heterocycles. The number of allylic oxidation sites excluding steroid dienone is 3. The second kappa shape index (κ2) is 3.52. The van der Waals surface area contributed by atoms with E-state index < -0.39 is 0 Å². The first-order valence-electron chi connectivity index (χ1n) is 3.15.